The molecule has 0 spiro atoms. The van der Waals surface area contributed by atoms with E-state index in [1.54, 1.807) is 34.6 Å². The van der Waals surface area contributed by atoms with Crippen LogP contribution in [0.3, 0.4) is 0 Å². The number of nitrogens with zero attached hydrogens (tertiary/aromatic N) is 3. The lowest BCUT2D eigenvalue weighted by atomic mass is 10.3. The van der Waals surface area contributed by atoms with Gasteiger partial charge in [0.2, 0.25) is 5.91 Å². The maximum absolute atomic E-state index is 12.5. The van der Waals surface area contributed by atoms with Gasteiger partial charge in [-0.1, -0.05) is 23.5 Å². The summed E-state index contributed by atoms with van der Waals surface area (Å²) >= 11 is 4.74. The van der Waals surface area contributed by atoms with Crippen LogP contribution < -0.4 is 4.90 Å². The van der Waals surface area contributed by atoms with Gasteiger partial charge in [0.25, 0.3) is 0 Å². The van der Waals surface area contributed by atoms with E-state index in [0.717, 1.165) is 31.6 Å². The van der Waals surface area contributed by atoms with Gasteiger partial charge in [-0.3, -0.25) is 9.69 Å². The molecule has 3 heterocycles. The van der Waals surface area contributed by atoms with E-state index >= 15 is 0 Å². The fourth-order valence-corrected chi connectivity index (χ4v) is 4.77. The molecule has 4 nitrogen and oxygen atoms in total. The van der Waals surface area contributed by atoms with Gasteiger partial charge in [0, 0.05) is 23.4 Å². The lowest BCUT2D eigenvalue weighted by molar-refractivity contribution is -0.117. The lowest BCUT2D eigenvalue weighted by Gasteiger charge is -2.12. The zero-order valence-electron chi connectivity index (χ0n) is 12.8. The Balaban J connectivity index is 1.51. The lowest BCUT2D eigenvalue weighted by Crippen LogP contribution is -2.27. The van der Waals surface area contributed by atoms with Gasteiger partial charge in [-0.15, -0.1) is 11.3 Å². The van der Waals surface area contributed by atoms with Crippen LogP contribution in [0.5, 0.6) is 0 Å². The van der Waals surface area contributed by atoms with Crippen molar-refractivity contribution in [3.8, 4) is 10.6 Å². The zero-order valence-corrected chi connectivity index (χ0v) is 15.3. The van der Waals surface area contributed by atoms with Crippen molar-refractivity contribution in [1.82, 2.24) is 9.97 Å². The van der Waals surface area contributed by atoms with Crippen LogP contribution in [0.1, 0.15) is 5.69 Å². The number of likely N-dealkylation sites (N-methyl/N-ethyl adjacent to an activating group) is 1. The van der Waals surface area contributed by atoms with Crippen LogP contribution in [0, 0.1) is 0 Å². The van der Waals surface area contributed by atoms with E-state index in [-0.39, 0.29) is 12.3 Å². The van der Waals surface area contributed by atoms with Crippen molar-refractivity contribution in [2.45, 2.75) is 6.42 Å². The first-order valence-electron chi connectivity index (χ1n) is 7.30. The predicted octanol–water partition coefficient (Wildman–Crippen LogP) is 4.69. The number of aromatic nitrogens is 2. The summed E-state index contributed by atoms with van der Waals surface area (Å²) in [6.07, 6.45) is 0.285. The molecule has 7 heteroatoms. The minimum atomic E-state index is -0.00350. The first-order chi connectivity index (χ1) is 11.7. The normalized spacial score (nSPS) is 11.0. The molecular weight excluding hydrogens is 358 g/mol. The molecule has 0 saturated carbocycles. The summed E-state index contributed by atoms with van der Waals surface area (Å²) in [6, 6.07) is 9.95. The van der Waals surface area contributed by atoms with Crippen LogP contribution in [-0.4, -0.2) is 22.9 Å². The molecule has 0 radical (unpaired) electrons. The first kappa shape index (κ1) is 15.4. The Morgan fingerprint density at radius 2 is 2.04 bits per heavy atom. The van der Waals surface area contributed by atoms with Crippen molar-refractivity contribution in [1.29, 1.82) is 0 Å². The molecule has 0 N–H and O–H groups in total. The highest BCUT2D eigenvalue weighted by molar-refractivity contribution is 7.22. The monoisotopic (exact) mass is 371 g/mol. The van der Waals surface area contributed by atoms with E-state index in [1.807, 2.05) is 41.1 Å². The Kier molecular flexibility index (Phi) is 4.13. The van der Waals surface area contributed by atoms with Gasteiger partial charge in [-0.25, -0.2) is 9.97 Å². The zero-order chi connectivity index (χ0) is 16.5. The van der Waals surface area contributed by atoms with Gasteiger partial charge in [-0.2, -0.15) is 11.3 Å². The number of benzene rings is 1. The molecule has 0 atom stereocenters. The SMILES string of the molecule is CN(C(=O)Cc1csc(-c2ccsc2)n1)c1nc2ccccc2s1. The molecule has 0 saturated heterocycles. The fourth-order valence-electron chi connectivity index (χ4n) is 2.29. The number of fused-ring (bicyclic) bond motifs is 1. The Hall–Kier alpha value is -2.09. The van der Waals surface area contributed by atoms with E-state index < -0.39 is 0 Å². The van der Waals surface area contributed by atoms with Crippen LogP contribution in [-0.2, 0) is 11.2 Å². The average Bonchev–Trinajstić information content (AvgIpc) is 3.32. The van der Waals surface area contributed by atoms with Crippen molar-refractivity contribution in [2.24, 2.45) is 0 Å². The highest BCUT2D eigenvalue weighted by Gasteiger charge is 2.17. The highest BCUT2D eigenvalue weighted by atomic mass is 32.1. The van der Waals surface area contributed by atoms with Crippen LogP contribution in [0.25, 0.3) is 20.8 Å². The van der Waals surface area contributed by atoms with Crippen LogP contribution in [0.4, 0.5) is 5.13 Å². The number of amides is 1. The van der Waals surface area contributed by atoms with Crippen LogP contribution in [0.2, 0.25) is 0 Å². The summed E-state index contributed by atoms with van der Waals surface area (Å²) < 4.78 is 1.08. The number of thiazole rings is 2. The molecule has 0 aliphatic rings. The van der Waals surface area contributed by atoms with Gasteiger partial charge in [0.1, 0.15) is 5.01 Å². The molecule has 120 valence electrons. The topological polar surface area (TPSA) is 46.1 Å². The second-order valence-corrected chi connectivity index (χ2v) is 7.90. The molecule has 4 aromatic rings. The molecule has 0 bridgehead atoms. The largest absolute Gasteiger partial charge is 0.291 e. The quantitative estimate of drug-likeness (QED) is 0.523. The number of hydrogen-bond acceptors (Lipinski definition) is 6. The third-order valence-corrected chi connectivity index (χ3v) is 6.33. The molecule has 0 aliphatic carbocycles. The summed E-state index contributed by atoms with van der Waals surface area (Å²) in [5.41, 5.74) is 2.84. The first-order valence-corrected chi connectivity index (χ1v) is 9.94. The number of anilines is 1. The fraction of sp³-hybridized carbons (Fsp3) is 0.118. The van der Waals surface area contributed by atoms with Crippen molar-refractivity contribution in [3.63, 3.8) is 0 Å². The Morgan fingerprint density at radius 3 is 2.83 bits per heavy atom. The summed E-state index contributed by atoms with van der Waals surface area (Å²) in [6.45, 7) is 0. The van der Waals surface area contributed by atoms with Crippen LogP contribution in [0.15, 0.2) is 46.5 Å². The second kappa shape index (κ2) is 6.43. The van der Waals surface area contributed by atoms with E-state index in [1.165, 1.54) is 11.3 Å². The summed E-state index contributed by atoms with van der Waals surface area (Å²) in [4.78, 5) is 23.3. The van der Waals surface area contributed by atoms with Gasteiger partial charge < -0.3 is 0 Å². The number of carbonyl (C=O) groups is 1. The van der Waals surface area contributed by atoms with E-state index in [2.05, 4.69) is 15.3 Å². The Labute approximate surface area is 151 Å². The van der Waals surface area contributed by atoms with Gasteiger partial charge >= 0.3 is 0 Å². The molecule has 0 unspecified atom stereocenters. The minimum absolute atomic E-state index is 0.00350. The number of rotatable bonds is 4. The standard InChI is InChI=1S/C17H13N3OS3/c1-20(17-19-13-4-2-3-5-14(13)24-17)15(21)8-12-10-23-16(18-12)11-6-7-22-9-11/h2-7,9-10H,8H2,1H3. The predicted molar refractivity (Wildman–Crippen MR) is 102 cm³/mol. The number of thiophene rings is 1. The molecule has 4 rings (SSSR count). The molecule has 0 fully saturated rings. The van der Waals surface area contributed by atoms with Crippen molar-refractivity contribution in [2.75, 3.05) is 11.9 Å². The summed E-state index contributed by atoms with van der Waals surface area (Å²) in [7, 11) is 1.77. The summed E-state index contributed by atoms with van der Waals surface area (Å²) in [5, 5.41) is 7.73. The molecule has 1 amide bonds. The van der Waals surface area contributed by atoms with Crippen molar-refractivity contribution in [3.05, 3.63) is 52.2 Å². The number of carbonyl (C=O) groups excluding carboxylic acids is 1. The molecule has 1 aromatic carbocycles. The van der Waals surface area contributed by atoms with Crippen molar-refractivity contribution >= 4 is 55.3 Å². The average molecular weight is 372 g/mol. The third-order valence-electron chi connectivity index (χ3n) is 3.60. The third kappa shape index (κ3) is 2.98. The van der Waals surface area contributed by atoms with Gasteiger partial charge in [0.05, 0.1) is 22.3 Å². The number of para-hydroxylation sites is 1. The maximum atomic E-state index is 12.5. The van der Waals surface area contributed by atoms with Gasteiger partial charge in [0.15, 0.2) is 5.13 Å². The molecule has 3 aromatic heterocycles. The molecule has 0 aliphatic heterocycles. The van der Waals surface area contributed by atoms with E-state index in [9.17, 15) is 4.79 Å². The summed E-state index contributed by atoms with van der Waals surface area (Å²) in [5.74, 6) is -0.00350. The Bertz CT molecular complexity index is 955. The number of hydrogen-bond donors (Lipinski definition) is 0. The smallest absolute Gasteiger partial charge is 0.234 e. The maximum Gasteiger partial charge on any atom is 0.234 e. The van der Waals surface area contributed by atoms with Crippen molar-refractivity contribution < 1.29 is 4.79 Å². The molecule has 24 heavy (non-hydrogen) atoms. The second-order valence-electron chi connectivity index (χ2n) is 5.25. The Morgan fingerprint density at radius 1 is 1.17 bits per heavy atom. The van der Waals surface area contributed by atoms with Gasteiger partial charge in [-0.05, 0) is 23.6 Å². The minimum Gasteiger partial charge on any atom is -0.291 e. The van der Waals surface area contributed by atoms with Crippen LogP contribution >= 0.6 is 34.0 Å². The highest BCUT2D eigenvalue weighted by Crippen LogP contribution is 2.29. The molecular formula is C17H13N3OS3. The van der Waals surface area contributed by atoms with E-state index in [0.29, 0.717) is 0 Å². The van der Waals surface area contributed by atoms with E-state index in [4.69, 9.17) is 0 Å².